The van der Waals surface area contributed by atoms with Gasteiger partial charge in [0.1, 0.15) is 0 Å². The Morgan fingerprint density at radius 2 is 1.86 bits per heavy atom. The van der Waals surface area contributed by atoms with E-state index in [0.29, 0.717) is 24.3 Å². The van der Waals surface area contributed by atoms with Crippen molar-refractivity contribution in [1.82, 2.24) is 10.2 Å². The highest BCUT2D eigenvalue weighted by molar-refractivity contribution is 5.99. The summed E-state index contributed by atoms with van der Waals surface area (Å²) in [4.78, 5) is 26.7. The van der Waals surface area contributed by atoms with E-state index in [9.17, 15) is 9.59 Å². The number of carbonyl (C=O) groups is 2. The molecule has 1 heterocycles. The molecule has 0 aliphatic carbocycles. The third-order valence-corrected chi connectivity index (χ3v) is 4.86. The van der Waals surface area contributed by atoms with Gasteiger partial charge in [0.25, 0.3) is 5.91 Å². The summed E-state index contributed by atoms with van der Waals surface area (Å²) >= 11 is 0. The molecule has 0 bridgehead atoms. The van der Waals surface area contributed by atoms with Gasteiger partial charge < -0.3 is 21.3 Å². The molecule has 4 N–H and O–H groups in total. The molecule has 1 saturated heterocycles. The average Bonchev–Trinajstić information content (AvgIpc) is 2.68. The number of benzene rings is 2. The summed E-state index contributed by atoms with van der Waals surface area (Å²) in [7, 11) is 0. The number of nitrogens with zero attached hydrogens (tertiary/aromatic N) is 1. The third-order valence-electron chi connectivity index (χ3n) is 4.86. The van der Waals surface area contributed by atoms with E-state index in [-0.39, 0.29) is 30.3 Å². The Kier molecular flexibility index (Phi) is 7.70. The number of urea groups is 1. The standard InChI is InChI=1S/C21H26N4O2.ClH/c1-15-8-10-17(11-9-15)24-21(27)23-13-16-5-4-12-25(14-16)20(26)18-6-2-3-7-19(18)22;/h2-3,6-11,16H,4-5,12-14,22H2,1H3,(H2,23,24,27);1H. The van der Waals surface area contributed by atoms with Crippen molar-refractivity contribution in [3.8, 4) is 0 Å². The molecule has 0 radical (unpaired) electrons. The van der Waals surface area contributed by atoms with Crippen molar-refractivity contribution in [1.29, 1.82) is 0 Å². The van der Waals surface area contributed by atoms with Crippen molar-refractivity contribution in [2.24, 2.45) is 5.92 Å². The van der Waals surface area contributed by atoms with Crippen LogP contribution in [0.3, 0.4) is 0 Å². The first-order valence-electron chi connectivity index (χ1n) is 9.28. The number of anilines is 2. The number of amides is 3. The summed E-state index contributed by atoms with van der Waals surface area (Å²) in [6.07, 6.45) is 1.91. The Morgan fingerprint density at radius 3 is 2.57 bits per heavy atom. The molecule has 150 valence electrons. The Balaban J connectivity index is 0.00000280. The number of piperidine rings is 1. The first-order valence-corrected chi connectivity index (χ1v) is 9.28. The van der Waals surface area contributed by atoms with Gasteiger partial charge in [0.2, 0.25) is 0 Å². The smallest absolute Gasteiger partial charge is 0.319 e. The van der Waals surface area contributed by atoms with Crippen molar-refractivity contribution in [2.45, 2.75) is 19.8 Å². The van der Waals surface area contributed by atoms with Gasteiger partial charge in [-0.25, -0.2) is 4.79 Å². The number of nitrogen functional groups attached to an aromatic ring is 1. The summed E-state index contributed by atoms with van der Waals surface area (Å²) in [6.45, 7) is 3.88. The number of rotatable bonds is 4. The number of nitrogens with one attached hydrogen (secondary N) is 2. The van der Waals surface area contributed by atoms with Crippen LogP contribution in [0.5, 0.6) is 0 Å². The largest absolute Gasteiger partial charge is 0.398 e. The zero-order valence-electron chi connectivity index (χ0n) is 16.0. The molecule has 1 unspecified atom stereocenters. The molecule has 1 aliphatic rings. The van der Waals surface area contributed by atoms with Crippen LogP contribution in [0.4, 0.5) is 16.2 Å². The Morgan fingerprint density at radius 1 is 1.14 bits per heavy atom. The number of aryl methyl sites for hydroxylation is 1. The molecule has 2 aromatic rings. The van der Waals surface area contributed by atoms with Crippen LogP contribution in [0.25, 0.3) is 0 Å². The van der Waals surface area contributed by atoms with E-state index < -0.39 is 0 Å². The zero-order valence-corrected chi connectivity index (χ0v) is 16.8. The monoisotopic (exact) mass is 402 g/mol. The summed E-state index contributed by atoms with van der Waals surface area (Å²) in [5.74, 6) is 0.193. The van der Waals surface area contributed by atoms with Crippen LogP contribution >= 0.6 is 12.4 Å². The second kappa shape index (κ2) is 9.99. The van der Waals surface area contributed by atoms with Crippen LogP contribution in [0.15, 0.2) is 48.5 Å². The van der Waals surface area contributed by atoms with E-state index >= 15 is 0 Å². The van der Waals surface area contributed by atoms with Crippen LogP contribution in [0.2, 0.25) is 0 Å². The topological polar surface area (TPSA) is 87.5 Å². The van der Waals surface area contributed by atoms with E-state index in [1.165, 1.54) is 0 Å². The first kappa shape index (κ1) is 21.6. The lowest BCUT2D eigenvalue weighted by atomic mass is 9.97. The predicted octanol–water partition coefficient (Wildman–Crippen LogP) is 3.67. The lowest BCUT2D eigenvalue weighted by molar-refractivity contribution is 0.0676. The molecule has 7 heteroatoms. The summed E-state index contributed by atoms with van der Waals surface area (Å²) in [6, 6.07) is 14.6. The second-order valence-electron chi connectivity index (χ2n) is 7.05. The minimum atomic E-state index is -0.227. The summed E-state index contributed by atoms with van der Waals surface area (Å²) in [5, 5.41) is 5.74. The maximum Gasteiger partial charge on any atom is 0.319 e. The van der Waals surface area contributed by atoms with Gasteiger partial charge in [0, 0.05) is 31.0 Å². The van der Waals surface area contributed by atoms with Gasteiger partial charge in [-0.3, -0.25) is 4.79 Å². The minimum Gasteiger partial charge on any atom is -0.398 e. The molecule has 2 aromatic carbocycles. The van der Waals surface area contributed by atoms with Crippen molar-refractivity contribution < 1.29 is 9.59 Å². The number of halogens is 1. The number of hydrogen-bond acceptors (Lipinski definition) is 3. The van der Waals surface area contributed by atoms with Gasteiger partial charge in [-0.2, -0.15) is 0 Å². The number of likely N-dealkylation sites (tertiary alicyclic amines) is 1. The van der Waals surface area contributed by atoms with E-state index in [1.807, 2.05) is 48.2 Å². The normalized spacial score (nSPS) is 16.0. The van der Waals surface area contributed by atoms with Gasteiger partial charge in [-0.1, -0.05) is 29.8 Å². The average molecular weight is 403 g/mol. The molecular formula is C21H27ClN4O2. The Bertz CT molecular complexity index is 810. The van der Waals surface area contributed by atoms with Crippen molar-refractivity contribution >= 4 is 35.7 Å². The summed E-state index contributed by atoms with van der Waals surface area (Å²) < 4.78 is 0. The SMILES string of the molecule is Cc1ccc(NC(=O)NCC2CCCN(C(=O)c3ccccc3N)C2)cc1.Cl. The van der Waals surface area contributed by atoms with Crippen LogP contribution < -0.4 is 16.4 Å². The van der Waals surface area contributed by atoms with E-state index in [1.54, 1.807) is 12.1 Å². The zero-order chi connectivity index (χ0) is 19.2. The minimum absolute atomic E-state index is 0. The maximum atomic E-state index is 12.7. The van der Waals surface area contributed by atoms with Crippen molar-refractivity contribution in [2.75, 3.05) is 30.7 Å². The third kappa shape index (κ3) is 5.63. The molecule has 6 nitrogen and oxygen atoms in total. The van der Waals surface area contributed by atoms with Crippen LogP contribution in [0.1, 0.15) is 28.8 Å². The molecule has 0 spiro atoms. The highest BCUT2D eigenvalue weighted by Gasteiger charge is 2.25. The number of hydrogen-bond donors (Lipinski definition) is 3. The first-order chi connectivity index (χ1) is 13.0. The number of nitrogens with two attached hydrogens (primary N) is 1. The fourth-order valence-corrected chi connectivity index (χ4v) is 3.33. The highest BCUT2D eigenvalue weighted by atomic mass is 35.5. The second-order valence-corrected chi connectivity index (χ2v) is 7.05. The van der Waals surface area contributed by atoms with Gasteiger partial charge in [0.15, 0.2) is 0 Å². The van der Waals surface area contributed by atoms with Gasteiger partial charge >= 0.3 is 6.03 Å². The number of carbonyl (C=O) groups excluding carboxylic acids is 2. The quantitative estimate of drug-likeness (QED) is 0.682. The molecule has 3 amide bonds. The van der Waals surface area contributed by atoms with E-state index in [0.717, 1.165) is 30.6 Å². The van der Waals surface area contributed by atoms with Crippen LogP contribution in [-0.4, -0.2) is 36.5 Å². The highest BCUT2D eigenvalue weighted by Crippen LogP contribution is 2.20. The molecule has 1 atom stereocenters. The Hall–Kier alpha value is -2.73. The Labute approximate surface area is 171 Å². The van der Waals surface area contributed by atoms with Gasteiger partial charge in [0.05, 0.1) is 5.56 Å². The van der Waals surface area contributed by atoms with E-state index in [4.69, 9.17) is 5.73 Å². The molecule has 28 heavy (non-hydrogen) atoms. The van der Waals surface area contributed by atoms with Gasteiger partial charge in [-0.15, -0.1) is 12.4 Å². The van der Waals surface area contributed by atoms with Crippen molar-refractivity contribution in [3.05, 3.63) is 59.7 Å². The van der Waals surface area contributed by atoms with Gasteiger partial charge in [-0.05, 0) is 49.9 Å². The molecule has 1 aliphatic heterocycles. The molecule has 0 aromatic heterocycles. The lowest BCUT2D eigenvalue weighted by Crippen LogP contribution is -2.44. The van der Waals surface area contributed by atoms with Crippen LogP contribution in [-0.2, 0) is 0 Å². The predicted molar refractivity (Wildman–Crippen MR) is 115 cm³/mol. The lowest BCUT2D eigenvalue weighted by Gasteiger charge is -2.33. The molecule has 1 fully saturated rings. The molecule has 3 rings (SSSR count). The van der Waals surface area contributed by atoms with Crippen LogP contribution in [0, 0.1) is 12.8 Å². The van der Waals surface area contributed by atoms with E-state index in [2.05, 4.69) is 10.6 Å². The molecule has 0 saturated carbocycles. The fraction of sp³-hybridized carbons (Fsp3) is 0.333. The molecular weight excluding hydrogens is 376 g/mol. The van der Waals surface area contributed by atoms with Crippen molar-refractivity contribution in [3.63, 3.8) is 0 Å². The summed E-state index contributed by atoms with van der Waals surface area (Å²) in [5.41, 5.74) is 8.88. The number of para-hydroxylation sites is 1. The fourth-order valence-electron chi connectivity index (χ4n) is 3.33. The maximum absolute atomic E-state index is 12.7.